The first kappa shape index (κ1) is 15.7. The second-order valence-electron chi connectivity index (χ2n) is 3.99. The molecular formula is C12H8BrClN2O4S. The number of halogens is 2. The molecule has 110 valence electrons. The van der Waals surface area contributed by atoms with Crippen LogP contribution in [0, 0.1) is 10.1 Å². The number of nitrogens with one attached hydrogen (secondary N) is 1. The summed E-state index contributed by atoms with van der Waals surface area (Å²) in [5, 5.41) is 10.7. The van der Waals surface area contributed by atoms with Gasteiger partial charge in [0.15, 0.2) is 0 Å². The van der Waals surface area contributed by atoms with Crippen LogP contribution in [0.1, 0.15) is 0 Å². The first-order chi connectivity index (χ1) is 9.79. The van der Waals surface area contributed by atoms with Crippen molar-refractivity contribution >= 4 is 48.9 Å². The summed E-state index contributed by atoms with van der Waals surface area (Å²) in [6.45, 7) is 0. The predicted octanol–water partition coefficient (Wildman–Crippen LogP) is 3.81. The molecule has 0 unspecified atom stereocenters. The number of anilines is 1. The van der Waals surface area contributed by atoms with Crippen molar-refractivity contribution in [1.29, 1.82) is 0 Å². The SMILES string of the molecule is O=[N+]([O-])c1cccc(NS(=O)(=O)c2ccc(Br)cc2Cl)c1. The van der Waals surface area contributed by atoms with Gasteiger partial charge in [-0.2, -0.15) is 0 Å². The van der Waals surface area contributed by atoms with E-state index in [4.69, 9.17) is 11.6 Å². The Kier molecular flexibility index (Phi) is 4.50. The van der Waals surface area contributed by atoms with Crippen molar-refractivity contribution in [2.24, 2.45) is 0 Å². The molecule has 0 amide bonds. The monoisotopic (exact) mass is 390 g/mol. The maximum absolute atomic E-state index is 12.2. The first-order valence-electron chi connectivity index (χ1n) is 5.52. The van der Waals surface area contributed by atoms with Gasteiger partial charge in [-0.25, -0.2) is 8.42 Å². The quantitative estimate of drug-likeness (QED) is 0.634. The summed E-state index contributed by atoms with van der Waals surface area (Å²) < 4.78 is 27.4. The average Bonchev–Trinajstić information content (AvgIpc) is 2.37. The number of hydrogen-bond donors (Lipinski definition) is 1. The Morgan fingerprint density at radius 1 is 1.19 bits per heavy atom. The Balaban J connectivity index is 2.37. The van der Waals surface area contributed by atoms with Gasteiger partial charge in [0.2, 0.25) is 0 Å². The molecule has 2 rings (SSSR count). The fraction of sp³-hybridized carbons (Fsp3) is 0. The van der Waals surface area contributed by atoms with Gasteiger partial charge in [0.25, 0.3) is 15.7 Å². The van der Waals surface area contributed by atoms with Crippen LogP contribution in [0.25, 0.3) is 0 Å². The minimum absolute atomic E-state index is 0.0438. The van der Waals surface area contributed by atoms with E-state index in [1.54, 1.807) is 0 Å². The summed E-state index contributed by atoms with van der Waals surface area (Å²) >= 11 is 9.09. The number of rotatable bonds is 4. The van der Waals surface area contributed by atoms with Crippen LogP contribution in [0.5, 0.6) is 0 Å². The highest BCUT2D eigenvalue weighted by Crippen LogP contribution is 2.27. The standard InChI is InChI=1S/C12H8BrClN2O4S/c13-8-4-5-12(11(14)6-8)21(19,20)15-9-2-1-3-10(7-9)16(17)18/h1-7,15H. The van der Waals surface area contributed by atoms with Crippen molar-refractivity contribution in [2.45, 2.75) is 4.90 Å². The van der Waals surface area contributed by atoms with Crippen molar-refractivity contribution in [1.82, 2.24) is 0 Å². The zero-order valence-corrected chi connectivity index (χ0v) is 13.4. The van der Waals surface area contributed by atoms with E-state index in [1.165, 1.54) is 36.4 Å². The van der Waals surface area contributed by atoms with Gasteiger partial charge in [-0.15, -0.1) is 0 Å². The van der Waals surface area contributed by atoms with Gasteiger partial charge >= 0.3 is 0 Å². The summed E-state index contributed by atoms with van der Waals surface area (Å²) in [6.07, 6.45) is 0. The summed E-state index contributed by atoms with van der Waals surface area (Å²) in [6, 6.07) is 9.52. The van der Waals surface area contributed by atoms with E-state index in [1.807, 2.05) is 0 Å². The lowest BCUT2D eigenvalue weighted by atomic mass is 10.3. The van der Waals surface area contributed by atoms with E-state index in [2.05, 4.69) is 20.7 Å². The molecule has 6 nitrogen and oxygen atoms in total. The zero-order chi connectivity index (χ0) is 15.6. The topological polar surface area (TPSA) is 89.3 Å². The highest BCUT2D eigenvalue weighted by molar-refractivity contribution is 9.10. The van der Waals surface area contributed by atoms with Crippen LogP contribution in [0.2, 0.25) is 5.02 Å². The van der Waals surface area contributed by atoms with Crippen LogP contribution < -0.4 is 4.72 Å². The molecule has 0 aliphatic heterocycles. The molecule has 1 N–H and O–H groups in total. The number of benzene rings is 2. The van der Waals surface area contributed by atoms with Crippen molar-refractivity contribution < 1.29 is 13.3 Å². The molecule has 0 radical (unpaired) electrons. The zero-order valence-electron chi connectivity index (χ0n) is 10.3. The fourth-order valence-electron chi connectivity index (χ4n) is 1.59. The third-order valence-corrected chi connectivity index (χ3v) is 4.85. The van der Waals surface area contributed by atoms with Gasteiger partial charge in [0, 0.05) is 16.6 Å². The third-order valence-electron chi connectivity index (χ3n) is 2.49. The van der Waals surface area contributed by atoms with Crippen molar-refractivity contribution in [3.05, 3.63) is 62.1 Å². The second-order valence-corrected chi connectivity index (χ2v) is 6.96. The van der Waals surface area contributed by atoms with Gasteiger partial charge in [0.05, 0.1) is 15.6 Å². The van der Waals surface area contributed by atoms with Gasteiger partial charge < -0.3 is 0 Å². The van der Waals surface area contributed by atoms with Crippen molar-refractivity contribution in [3.8, 4) is 0 Å². The maximum Gasteiger partial charge on any atom is 0.271 e. The summed E-state index contributed by atoms with van der Waals surface area (Å²) in [5.74, 6) is 0. The number of hydrogen-bond acceptors (Lipinski definition) is 4. The lowest BCUT2D eigenvalue weighted by Gasteiger charge is -2.09. The van der Waals surface area contributed by atoms with Crippen LogP contribution in [0.15, 0.2) is 51.8 Å². The molecule has 21 heavy (non-hydrogen) atoms. The maximum atomic E-state index is 12.2. The van der Waals surface area contributed by atoms with E-state index in [0.717, 1.165) is 6.07 Å². The molecule has 2 aromatic carbocycles. The number of nitro benzene ring substituents is 1. The van der Waals surface area contributed by atoms with E-state index in [0.29, 0.717) is 4.47 Å². The highest BCUT2D eigenvalue weighted by atomic mass is 79.9. The lowest BCUT2D eigenvalue weighted by Crippen LogP contribution is -2.13. The molecule has 2 aromatic rings. The predicted molar refractivity (Wildman–Crippen MR) is 83.1 cm³/mol. The van der Waals surface area contributed by atoms with Crippen LogP contribution in [-0.4, -0.2) is 13.3 Å². The third kappa shape index (κ3) is 3.72. The first-order valence-corrected chi connectivity index (χ1v) is 8.17. The Morgan fingerprint density at radius 2 is 1.90 bits per heavy atom. The molecule has 0 aromatic heterocycles. The lowest BCUT2D eigenvalue weighted by molar-refractivity contribution is -0.384. The summed E-state index contributed by atoms with van der Waals surface area (Å²) in [4.78, 5) is 9.96. The number of nitrogens with zero attached hydrogens (tertiary/aromatic N) is 1. The molecule has 9 heteroatoms. The van der Waals surface area contributed by atoms with E-state index in [9.17, 15) is 18.5 Å². The van der Waals surface area contributed by atoms with E-state index < -0.39 is 14.9 Å². The van der Waals surface area contributed by atoms with E-state index in [-0.39, 0.29) is 21.3 Å². The number of nitro groups is 1. The summed E-state index contributed by atoms with van der Waals surface area (Å²) in [7, 11) is -3.93. The Bertz CT molecular complexity index is 811. The summed E-state index contributed by atoms with van der Waals surface area (Å²) in [5.41, 5.74) is -0.125. The highest BCUT2D eigenvalue weighted by Gasteiger charge is 2.19. The van der Waals surface area contributed by atoms with Gasteiger partial charge in [-0.05, 0) is 24.3 Å². The molecule has 0 bridgehead atoms. The Morgan fingerprint density at radius 3 is 2.52 bits per heavy atom. The molecule has 0 heterocycles. The molecule has 0 atom stereocenters. The molecule has 0 aliphatic rings. The number of non-ortho nitro benzene ring substituents is 1. The molecule has 0 fully saturated rings. The molecular weight excluding hydrogens is 384 g/mol. The van der Waals surface area contributed by atoms with Crippen LogP contribution in [-0.2, 0) is 10.0 Å². The van der Waals surface area contributed by atoms with Gasteiger partial charge in [-0.1, -0.05) is 33.6 Å². The van der Waals surface area contributed by atoms with Crippen LogP contribution in [0.3, 0.4) is 0 Å². The minimum Gasteiger partial charge on any atom is -0.279 e. The Labute approximate surface area is 134 Å². The largest absolute Gasteiger partial charge is 0.279 e. The minimum atomic E-state index is -3.93. The second kappa shape index (κ2) is 6.00. The average molecular weight is 392 g/mol. The molecule has 0 saturated heterocycles. The fourth-order valence-corrected chi connectivity index (χ4v) is 3.67. The smallest absolute Gasteiger partial charge is 0.271 e. The van der Waals surface area contributed by atoms with Crippen LogP contribution in [0.4, 0.5) is 11.4 Å². The van der Waals surface area contributed by atoms with Gasteiger partial charge in [0.1, 0.15) is 4.90 Å². The van der Waals surface area contributed by atoms with Gasteiger partial charge in [-0.3, -0.25) is 14.8 Å². The van der Waals surface area contributed by atoms with Crippen molar-refractivity contribution in [3.63, 3.8) is 0 Å². The van der Waals surface area contributed by atoms with E-state index >= 15 is 0 Å². The molecule has 0 spiro atoms. The molecule has 0 saturated carbocycles. The normalized spacial score (nSPS) is 11.1. The number of sulfonamides is 1. The molecule has 0 aliphatic carbocycles. The van der Waals surface area contributed by atoms with Crippen LogP contribution >= 0.6 is 27.5 Å². The Hall–Kier alpha value is -1.64. The van der Waals surface area contributed by atoms with Crippen molar-refractivity contribution in [2.75, 3.05) is 4.72 Å².